The van der Waals surface area contributed by atoms with Crippen LogP contribution < -0.4 is 15.6 Å². The van der Waals surface area contributed by atoms with Gasteiger partial charge in [-0.05, 0) is 31.2 Å². The summed E-state index contributed by atoms with van der Waals surface area (Å²) in [5, 5.41) is 3.97. The van der Waals surface area contributed by atoms with E-state index >= 15 is 0 Å². The number of thiazole rings is 1. The molecule has 1 N–H and O–H groups in total. The van der Waals surface area contributed by atoms with E-state index in [4.69, 9.17) is 4.74 Å². The monoisotopic (exact) mass is 432 g/mol. The normalized spacial score (nSPS) is 11.2. The molecular formula is C18H16N4O3S3. The van der Waals surface area contributed by atoms with Crippen molar-refractivity contribution in [1.82, 2.24) is 14.5 Å². The summed E-state index contributed by atoms with van der Waals surface area (Å²) in [5.74, 6) is 1.50. The fraction of sp³-hybridized carbons (Fsp3) is 0.222. The first kappa shape index (κ1) is 18.9. The van der Waals surface area contributed by atoms with Gasteiger partial charge >= 0.3 is 0 Å². The molecule has 0 aliphatic rings. The van der Waals surface area contributed by atoms with Gasteiger partial charge in [0.1, 0.15) is 16.4 Å². The molecule has 1 amide bonds. The van der Waals surface area contributed by atoms with Crippen molar-refractivity contribution in [1.29, 1.82) is 0 Å². The molecule has 0 saturated carbocycles. The SMILES string of the molecule is COc1ccc2nc(NC(=O)CSc3cc4c(=O)n(C)c(C)nc4s3)sc2c1. The molecule has 0 atom stereocenters. The summed E-state index contributed by atoms with van der Waals surface area (Å²) in [7, 11) is 3.32. The Morgan fingerprint density at radius 3 is 2.89 bits per heavy atom. The number of nitrogens with zero attached hydrogens (tertiary/aromatic N) is 3. The average Bonchev–Trinajstić information content (AvgIpc) is 3.27. The molecule has 0 aliphatic carbocycles. The van der Waals surface area contributed by atoms with Crippen LogP contribution in [0.25, 0.3) is 20.4 Å². The topological polar surface area (TPSA) is 86.1 Å². The van der Waals surface area contributed by atoms with E-state index in [1.807, 2.05) is 18.2 Å². The lowest BCUT2D eigenvalue weighted by molar-refractivity contribution is -0.113. The molecule has 0 fully saturated rings. The number of hydrogen-bond acceptors (Lipinski definition) is 8. The standard InChI is InChI=1S/C18H16N4O3S3/c1-9-19-16-11(17(24)22(9)2)7-15(28-16)26-8-14(23)21-18-20-12-5-4-10(25-3)6-13(12)27-18/h4-7H,8H2,1-3H3,(H,20,21,23). The van der Waals surface area contributed by atoms with Crippen LogP contribution in [-0.2, 0) is 11.8 Å². The number of methoxy groups -OCH3 is 1. The number of rotatable bonds is 5. The van der Waals surface area contributed by atoms with Gasteiger partial charge < -0.3 is 10.1 Å². The Labute approximate surface area is 172 Å². The summed E-state index contributed by atoms with van der Waals surface area (Å²) >= 11 is 4.21. The maximum Gasteiger partial charge on any atom is 0.262 e. The molecule has 0 unspecified atom stereocenters. The van der Waals surface area contributed by atoms with E-state index in [0.717, 1.165) is 20.2 Å². The van der Waals surface area contributed by atoms with Crippen LogP contribution in [0.15, 0.2) is 33.3 Å². The second-order valence-electron chi connectivity index (χ2n) is 6.00. The van der Waals surface area contributed by atoms with Crippen molar-refractivity contribution in [3.63, 3.8) is 0 Å². The molecule has 0 saturated heterocycles. The maximum absolute atomic E-state index is 12.3. The van der Waals surface area contributed by atoms with Gasteiger partial charge in [-0.15, -0.1) is 23.1 Å². The molecule has 0 radical (unpaired) electrons. The highest BCUT2D eigenvalue weighted by Gasteiger charge is 2.13. The average molecular weight is 433 g/mol. The number of anilines is 1. The van der Waals surface area contributed by atoms with E-state index in [-0.39, 0.29) is 17.2 Å². The number of carbonyl (C=O) groups is 1. The van der Waals surface area contributed by atoms with Crippen molar-refractivity contribution in [2.24, 2.45) is 7.05 Å². The number of thiophene rings is 1. The van der Waals surface area contributed by atoms with Gasteiger partial charge in [0.15, 0.2) is 5.13 Å². The quantitative estimate of drug-likeness (QED) is 0.485. The number of nitrogens with one attached hydrogen (secondary N) is 1. The number of aromatic nitrogens is 3. The zero-order chi connectivity index (χ0) is 19.8. The molecule has 144 valence electrons. The van der Waals surface area contributed by atoms with E-state index in [0.29, 0.717) is 21.2 Å². The summed E-state index contributed by atoms with van der Waals surface area (Å²) in [6.07, 6.45) is 0. The van der Waals surface area contributed by atoms with Crippen molar-refractivity contribution < 1.29 is 9.53 Å². The molecule has 0 aliphatic heterocycles. The van der Waals surface area contributed by atoms with E-state index in [2.05, 4.69) is 15.3 Å². The summed E-state index contributed by atoms with van der Waals surface area (Å²) < 4.78 is 8.57. The van der Waals surface area contributed by atoms with Crippen molar-refractivity contribution in [2.75, 3.05) is 18.2 Å². The zero-order valence-electron chi connectivity index (χ0n) is 15.3. The first-order chi connectivity index (χ1) is 13.4. The highest BCUT2D eigenvalue weighted by molar-refractivity contribution is 8.01. The van der Waals surface area contributed by atoms with Crippen molar-refractivity contribution >= 4 is 65.9 Å². The fourth-order valence-electron chi connectivity index (χ4n) is 2.59. The summed E-state index contributed by atoms with van der Waals surface area (Å²) in [6, 6.07) is 7.40. The number of benzene rings is 1. The molecule has 7 nitrogen and oxygen atoms in total. The van der Waals surface area contributed by atoms with Crippen LogP contribution in [0.2, 0.25) is 0 Å². The number of ether oxygens (including phenoxy) is 1. The third-order valence-corrected chi connectivity index (χ3v) is 7.33. The Morgan fingerprint density at radius 2 is 2.11 bits per heavy atom. The lowest BCUT2D eigenvalue weighted by Gasteiger charge is -2.00. The lowest BCUT2D eigenvalue weighted by Crippen LogP contribution is -2.19. The van der Waals surface area contributed by atoms with Gasteiger partial charge in [0.2, 0.25) is 5.91 Å². The van der Waals surface area contributed by atoms with Gasteiger partial charge in [-0.3, -0.25) is 14.2 Å². The predicted octanol–water partition coefficient (Wildman–Crippen LogP) is 3.65. The minimum absolute atomic E-state index is 0.0695. The molecule has 3 heterocycles. The van der Waals surface area contributed by atoms with Gasteiger partial charge in [-0.2, -0.15) is 0 Å². The fourth-order valence-corrected chi connectivity index (χ4v) is 5.50. The van der Waals surface area contributed by atoms with Crippen LogP contribution in [0.5, 0.6) is 5.75 Å². The van der Waals surface area contributed by atoms with Crippen molar-refractivity contribution in [2.45, 2.75) is 11.1 Å². The number of carbonyl (C=O) groups excluding carboxylic acids is 1. The molecule has 3 aromatic heterocycles. The van der Waals surface area contributed by atoms with Gasteiger partial charge in [0.25, 0.3) is 5.56 Å². The third kappa shape index (κ3) is 3.62. The maximum atomic E-state index is 12.3. The van der Waals surface area contributed by atoms with Crippen LogP contribution in [0.4, 0.5) is 5.13 Å². The molecule has 4 rings (SSSR count). The zero-order valence-corrected chi connectivity index (χ0v) is 17.8. The van der Waals surface area contributed by atoms with Crippen molar-refractivity contribution in [3.8, 4) is 5.75 Å². The molecule has 28 heavy (non-hydrogen) atoms. The van der Waals surface area contributed by atoms with Crippen LogP contribution in [0.1, 0.15) is 5.82 Å². The highest BCUT2D eigenvalue weighted by atomic mass is 32.2. The van der Waals surface area contributed by atoms with E-state index in [1.165, 1.54) is 39.0 Å². The molecule has 1 aromatic carbocycles. The number of fused-ring (bicyclic) bond motifs is 2. The molecular weight excluding hydrogens is 416 g/mol. The van der Waals surface area contributed by atoms with Crippen LogP contribution in [0.3, 0.4) is 0 Å². The first-order valence-corrected chi connectivity index (χ1v) is 10.9. The van der Waals surface area contributed by atoms with Gasteiger partial charge in [-0.1, -0.05) is 11.3 Å². The van der Waals surface area contributed by atoms with E-state index in [9.17, 15) is 9.59 Å². The Morgan fingerprint density at radius 1 is 1.29 bits per heavy atom. The van der Waals surface area contributed by atoms with Gasteiger partial charge in [0.05, 0.1) is 32.7 Å². The molecule has 10 heteroatoms. The van der Waals surface area contributed by atoms with Crippen LogP contribution in [-0.4, -0.2) is 33.3 Å². The predicted molar refractivity (Wildman–Crippen MR) is 115 cm³/mol. The number of amides is 1. The molecule has 4 aromatic rings. The summed E-state index contributed by atoms with van der Waals surface area (Å²) in [5.41, 5.74) is 0.746. The minimum atomic E-state index is -0.148. The lowest BCUT2D eigenvalue weighted by atomic mass is 10.3. The summed E-state index contributed by atoms with van der Waals surface area (Å²) in [6.45, 7) is 1.80. The number of thioether (sulfide) groups is 1. The third-order valence-electron chi connectivity index (χ3n) is 4.16. The smallest absolute Gasteiger partial charge is 0.262 e. The second-order valence-corrected chi connectivity index (χ2v) is 9.33. The van der Waals surface area contributed by atoms with E-state index in [1.54, 1.807) is 27.1 Å². The highest BCUT2D eigenvalue weighted by Crippen LogP contribution is 2.32. The Balaban J connectivity index is 1.45. The first-order valence-electron chi connectivity index (χ1n) is 8.29. The van der Waals surface area contributed by atoms with Crippen LogP contribution in [0, 0.1) is 6.92 Å². The number of aryl methyl sites for hydroxylation is 1. The Bertz CT molecular complexity index is 1260. The largest absolute Gasteiger partial charge is 0.497 e. The van der Waals surface area contributed by atoms with Crippen LogP contribution >= 0.6 is 34.4 Å². The van der Waals surface area contributed by atoms with Crippen molar-refractivity contribution in [3.05, 3.63) is 40.4 Å². The van der Waals surface area contributed by atoms with E-state index < -0.39 is 0 Å². The Hall–Kier alpha value is -2.43. The number of hydrogen-bond donors (Lipinski definition) is 1. The summed E-state index contributed by atoms with van der Waals surface area (Å²) in [4.78, 5) is 34.2. The molecule has 0 bridgehead atoms. The second kappa shape index (κ2) is 7.53. The Kier molecular flexibility index (Phi) is 5.09. The van der Waals surface area contributed by atoms with Gasteiger partial charge in [-0.25, -0.2) is 9.97 Å². The molecule has 0 spiro atoms. The van der Waals surface area contributed by atoms with Gasteiger partial charge in [0, 0.05) is 7.05 Å². The minimum Gasteiger partial charge on any atom is -0.497 e.